The molecule has 1 saturated heterocycles. The number of unbranched alkanes of at least 4 members (excludes halogenated alkanes) is 15. The van der Waals surface area contributed by atoms with Crippen molar-refractivity contribution in [2.24, 2.45) is 0 Å². The lowest BCUT2D eigenvalue weighted by Gasteiger charge is -2.45. The van der Waals surface area contributed by atoms with E-state index in [0.29, 0.717) is 13.0 Å². The summed E-state index contributed by atoms with van der Waals surface area (Å²) in [4.78, 5) is 25.9. The van der Waals surface area contributed by atoms with Gasteiger partial charge in [-0.05, 0) is 37.9 Å². The highest BCUT2D eigenvalue weighted by Crippen LogP contribution is 2.37. The summed E-state index contributed by atoms with van der Waals surface area (Å²) in [5.41, 5.74) is 0. The van der Waals surface area contributed by atoms with Gasteiger partial charge < -0.3 is 29.1 Å². The van der Waals surface area contributed by atoms with Gasteiger partial charge in [-0.3, -0.25) is 9.59 Å². The number of rotatable bonds is 28. The van der Waals surface area contributed by atoms with E-state index in [9.17, 15) is 14.7 Å². The predicted octanol–water partition coefficient (Wildman–Crippen LogP) is 9.54. The summed E-state index contributed by atoms with van der Waals surface area (Å²) in [7, 11) is -2.12. The number of Topliss-reactive ketones (excluding diaryl/α,β-unsaturated/α-hetero) is 1. The first-order valence-electron chi connectivity index (χ1n) is 19.5. The molecule has 5 atom stereocenters. The van der Waals surface area contributed by atoms with E-state index < -0.39 is 44.9 Å². The summed E-state index contributed by atoms with van der Waals surface area (Å²) in [5, 5.41) is 14.6. The van der Waals surface area contributed by atoms with E-state index in [1.54, 1.807) is 6.08 Å². The van der Waals surface area contributed by atoms with Crippen LogP contribution in [0.4, 0.5) is 0 Å². The Labute approximate surface area is 296 Å². The first-order chi connectivity index (χ1) is 22.9. The molecule has 2 N–H and O–H groups in total. The Hall–Kier alpha value is -1.26. The molecule has 8 nitrogen and oxygen atoms in total. The third kappa shape index (κ3) is 18.7. The Morgan fingerprint density at radius 1 is 0.833 bits per heavy atom. The summed E-state index contributed by atoms with van der Waals surface area (Å²) in [6.07, 6.45) is 20.0. The monoisotopic (exact) mass is 698 g/mol. The smallest absolute Gasteiger partial charge is 0.227 e. The molecule has 1 heterocycles. The SMILES string of the molecule is C/C=C/O[C@H]1O[C@H](CO[Si](C)(C)C(C)(C)C)[C@@H](O)[C@H](OCCCCCCCCCC)[C@H]1NC(=O)CC(=O)CCCCCCCCCCC. The van der Waals surface area contributed by atoms with Crippen molar-refractivity contribution in [3.63, 3.8) is 0 Å². The number of amides is 1. The quantitative estimate of drug-likeness (QED) is 0.0363. The first kappa shape index (κ1) is 44.8. The van der Waals surface area contributed by atoms with Gasteiger partial charge in [0.25, 0.3) is 0 Å². The van der Waals surface area contributed by atoms with Crippen LogP contribution >= 0.6 is 0 Å². The molecule has 9 heteroatoms. The second-order valence-electron chi connectivity index (χ2n) is 15.4. The van der Waals surface area contributed by atoms with Gasteiger partial charge in [-0.2, -0.15) is 0 Å². The number of nitrogens with one attached hydrogen (secondary N) is 1. The number of hydrogen-bond acceptors (Lipinski definition) is 7. The molecule has 1 fully saturated rings. The molecule has 0 aromatic carbocycles. The van der Waals surface area contributed by atoms with Gasteiger partial charge in [-0.25, -0.2) is 0 Å². The van der Waals surface area contributed by atoms with Gasteiger partial charge in [-0.15, -0.1) is 0 Å². The minimum absolute atomic E-state index is 0.00277. The molecule has 0 unspecified atom stereocenters. The molecule has 1 aliphatic rings. The molecule has 282 valence electrons. The van der Waals surface area contributed by atoms with Crippen LogP contribution in [0, 0.1) is 0 Å². The normalized spacial score (nSPS) is 21.9. The Balaban J connectivity index is 2.85. The molecular weight excluding hydrogens is 623 g/mol. The van der Waals surface area contributed by atoms with E-state index in [2.05, 4.69) is 53.0 Å². The first-order valence-corrected chi connectivity index (χ1v) is 22.5. The van der Waals surface area contributed by atoms with Gasteiger partial charge in [-0.1, -0.05) is 137 Å². The van der Waals surface area contributed by atoms with Crippen molar-refractivity contribution < 1.29 is 33.3 Å². The van der Waals surface area contributed by atoms with E-state index in [0.717, 1.165) is 38.5 Å². The fraction of sp³-hybridized carbons (Fsp3) is 0.897. The van der Waals surface area contributed by atoms with Gasteiger partial charge >= 0.3 is 0 Å². The summed E-state index contributed by atoms with van der Waals surface area (Å²) < 4.78 is 25.0. The molecule has 1 amide bonds. The average molecular weight is 698 g/mol. The Bertz CT molecular complexity index is 875. The summed E-state index contributed by atoms with van der Waals surface area (Å²) >= 11 is 0. The van der Waals surface area contributed by atoms with E-state index in [-0.39, 0.29) is 23.8 Å². The molecule has 0 radical (unpaired) electrons. The van der Waals surface area contributed by atoms with Crippen LogP contribution < -0.4 is 5.32 Å². The maximum absolute atomic E-state index is 13.2. The van der Waals surface area contributed by atoms with Gasteiger partial charge in [0.1, 0.15) is 30.1 Å². The molecule has 0 aromatic heterocycles. The molecule has 48 heavy (non-hydrogen) atoms. The zero-order valence-electron chi connectivity index (χ0n) is 32.3. The van der Waals surface area contributed by atoms with Gasteiger partial charge in [0.05, 0.1) is 19.3 Å². The van der Waals surface area contributed by atoms with Crippen molar-refractivity contribution in [3.8, 4) is 0 Å². The fourth-order valence-electron chi connectivity index (χ4n) is 5.78. The number of carbonyl (C=O) groups is 2. The lowest BCUT2D eigenvalue weighted by Crippen LogP contribution is -2.66. The zero-order valence-corrected chi connectivity index (χ0v) is 33.3. The molecule has 0 aliphatic carbocycles. The number of aliphatic hydroxyl groups is 1. The van der Waals surface area contributed by atoms with Crippen molar-refractivity contribution >= 4 is 20.0 Å². The zero-order chi connectivity index (χ0) is 35.8. The van der Waals surface area contributed by atoms with Gasteiger partial charge in [0, 0.05) is 13.0 Å². The predicted molar refractivity (Wildman–Crippen MR) is 199 cm³/mol. The van der Waals surface area contributed by atoms with Gasteiger partial charge in [0.15, 0.2) is 8.32 Å². The van der Waals surface area contributed by atoms with Crippen LogP contribution in [0.5, 0.6) is 0 Å². The molecular formula is C39H75NO7Si. The Morgan fingerprint density at radius 3 is 1.88 bits per heavy atom. The topological polar surface area (TPSA) is 103 Å². The van der Waals surface area contributed by atoms with Crippen LogP contribution in [0.15, 0.2) is 12.3 Å². The van der Waals surface area contributed by atoms with Crippen molar-refractivity contribution in [2.45, 2.75) is 212 Å². The largest absolute Gasteiger partial charge is 0.471 e. The molecule has 1 aliphatic heterocycles. The summed E-state index contributed by atoms with van der Waals surface area (Å²) in [6.45, 7) is 17.8. The minimum atomic E-state index is -2.12. The van der Waals surface area contributed by atoms with Crippen LogP contribution in [-0.4, -0.2) is 69.0 Å². The van der Waals surface area contributed by atoms with Crippen molar-refractivity contribution in [3.05, 3.63) is 12.3 Å². The highest BCUT2D eigenvalue weighted by atomic mass is 28.4. The number of allylic oxidation sites excluding steroid dienone is 1. The lowest BCUT2D eigenvalue weighted by molar-refractivity contribution is -0.262. The summed E-state index contributed by atoms with van der Waals surface area (Å²) in [6, 6.07) is -0.789. The number of aliphatic hydroxyl groups excluding tert-OH is 1. The average Bonchev–Trinajstić information content (AvgIpc) is 3.02. The molecule has 0 aromatic rings. The van der Waals surface area contributed by atoms with Crippen LogP contribution in [-0.2, 0) is 28.2 Å². The van der Waals surface area contributed by atoms with E-state index in [4.69, 9.17) is 18.6 Å². The molecule has 0 saturated carbocycles. The van der Waals surface area contributed by atoms with Crippen molar-refractivity contribution in [2.75, 3.05) is 13.2 Å². The van der Waals surface area contributed by atoms with Crippen molar-refractivity contribution in [1.29, 1.82) is 0 Å². The highest BCUT2D eigenvalue weighted by Gasteiger charge is 2.49. The third-order valence-corrected chi connectivity index (χ3v) is 14.5. The minimum Gasteiger partial charge on any atom is -0.471 e. The van der Waals surface area contributed by atoms with Crippen LogP contribution in [0.3, 0.4) is 0 Å². The van der Waals surface area contributed by atoms with Crippen LogP contribution in [0.2, 0.25) is 18.1 Å². The van der Waals surface area contributed by atoms with E-state index in [1.807, 2.05) is 6.92 Å². The Kier molecular flexibility index (Phi) is 23.9. The second-order valence-corrected chi connectivity index (χ2v) is 20.2. The highest BCUT2D eigenvalue weighted by molar-refractivity contribution is 6.74. The maximum atomic E-state index is 13.2. The third-order valence-electron chi connectivity index (χ3n) is 9.99. The maximum Gasteiger partial charge on any atom is 0.227 e. The second kappa shape index (κ2) is 25.7. The summed E-state index contributed by atoms with van der Waals surface area (Å²) in [5.74, 6) is -0.474. The molecule has 1 rings (SSSR count). The van der Waals surface area contributed by atoms with Crippen molar-refractivity contribution in [1.82, 2.24) is 5.32 Å². The lowest BCUT2D eigenvalue weighted by atomic mass is 9.96. The molecule has 0 bridgehead atoms. The van der Waals surface area contributed by atoms with Crippen LogP contribution in [0.25, 0.3) is 0 Å². The molecule has 0 spiro atoms. The standard InChI is InChI=1S/C39H75NO7Si/c1-9-12-14-16-18-20-21-23-25-27-32(41)30-34(42)40-35-37(44-29-26-24-22-19-17-15-13-10-2)36(43)33(47-38(35)45-28-11-3)31-46-48(7,8)39(4,5)6/h11,28,33,35-38,43H,9-10,12-27,29-31H2,1-8H3,(H,40,42)/b28-11+/t33-,35-,36-,37-,38+/m1/s1. The van der Waals surface area contributed by atoms with E-state index >= 15 is 0 Å². The Morgan fingerprint density at radius 2 is 1.35 bits per heavy atom. The van der Waals surface area contributed by atoms with Gasteiger partial charge in [0.2, 0.25) is 12.2 Å². The number of ether oxygens (including phenoxy) is 3. The van der Waals surface area contributed by atoms with E-state index in [1.165, 1.54) is 76.9 Å². The fourth-order valence-corrected chi connectivity index (χ4v) is 6.79. The number of ketones is 1. The van der Waals surface area contributed by atoms with Crippen LogP contribution in [0.1, 0.15) is 164 Å². The number of carbonyl (C=O) groups excluding carboxylic acids is 2. The number of hydrogen-bond donors (Lipinski definition) is 2.